The summed E-state index contributed by atoms with van der Waals surface area (Å²) >= 11 is 0. The summed E-state index contributed by atoms with van der Waals surface area (Å²) in [6.45, 7) is 0. The number of carbonyl (C=O) groups is 2. The number of phenols is 1. The number of rotatable bonds is 5. The van der Waals surface area contributed by atoms with E-state index in [0.29, 0.717) is 5.56 Å². The van der Waals surface area contributed by atoms with Gasteiger partial charge in [0.1, 0.15) is 5.75 Å². The number of aliphatic carboxylic acids is 1. The van der Waals surface area contributed by atoms with Crippen LogP contribution in [0.1, 0.15) is 23.7 Å². The first-order valence-corrected chi connectivity index (χ1v) is 5.25. The Hall–Kier alpha value is -2.08. The Balaban J connectivity index is 2.91. The molecular weight excluding hydrogens is 240 g/mol. The molecule has 1 atom stereocenters. The molecule has 3 N–H and O–H groups in total. The molecule has 6 nitrogen and oxygen atoms in total. The van der Waals surface area contributed by atoms with Crippen LogP contribution in [0.25, 0.3) is 0 Å². The summed E-state index contributed by atoms with van der Waals surface area (Å²) in [6, 6.07) is 4.37. The van der Waals surface area contributed by atoms with Crippen LogP contribution in [-0.4, -0.2) is 34.4 Å². The van der Waals surface area contributed by atoms with Gasteiger partial charge in [-0.25, -0.2) is 4.79 Å². The van der Waals surface area contributed by atoms with Crippen molar-refractivity contribution in [1.29, 1.82) is 0 Å². The zero-order valence-corrected chi connectivity index (χ0v) is 9.79. The zero-order chi connectivity index (χ0) is 13.7. The van der Waals surface area contributed by atoms with E-state index < -0.39 is 18.0 Å². The van der Waals surface area contributed by atoms with E-state index in [0.717, 1.165) is 0 Å². The summed E-state index contributed by atoms with van der Waals surface area (Å²) in [5, 5.41) is 27.9. The van der Waals surface area contributed by atoms with Crippen molar-refractivity contribution in [3.8, 4) is 5.75 Å². The number of aromatic hydroxyl groups is 1. The van der Waals surface area contributed by atoms with E-state index in [-0.39, 0.29) is 24.2 Å². The Morgan fingerprint density at radius 2 is 2.06 bits per heavy atom. The highest BCUT2D eigenvalue weighted by molar-refractivity contribution is 5.75. The molecule has 1 aromatic rings. The van der Waals surface area contributed by atoms with E-state index >= 15 is 0 Å². The van der Waals surface area contributed by atoms with E-state index in [1.165, 1.54) is 19.2 Å². The summed E-state index contributed by atoms with van der Waals surface area (Å²) in [5.41, 5.74) is 0.295. The monoisotopic (exact) mass is 254 g/mol. The fourth-order valence-corrected chi connectivity index (χ4v) is 1.51. The van der Waals surface area contributed by atoms with Crippen LogP contribution >= 0.6 is 0 Å². The first-order valence-electron chi connectivity index (χ1n) is 5.25. The van der Waals surface area contributed by atoms with Gasteiger partial charge in [-0.05, 0) is 12.0 Å². The summed E-state index contributed by atoms with van der Waals surface area (Å²) in [4.78, 5) is 21.6. The Bertz CT molecular complexity index is 454. The Labute approximate surface area is 103 Å². The third kappa shape index (κ3) is 3.21. The molecule has 0 saturated heterocycles. The quantitative estimate of drug-likeness (QED) is 0.665. The van der Waals surface area contributed by atoms with Gasteiger partial charge in [-0.1, -0.05) is 18.2 Å². The van der Waals surface area contributed by atoms with E-state index in [1.807, 2.05) is 0 Å². The van der Waals surface area contributed by atoms with Crippen LogP contribution in [0, 0.1) is 0 Å². The minimum absolute atomic E-state index is 0.0662. The molecule has 1 rings (SSSR count). The van der Waals surface area contributed by atoms with Gasteiger partial charge in [-0.15, -0.1) is 0 Å². The molecule has 6 heteroatoms. The van der Waals surface area contributed by atoms with Crippen molar-refractivity contribution < 1.29 is 29.6 Å². The molecule has 0 amide bonds. The lowest BCUT2D eigenvalue weighted by Gasteiger charge is -2.11. The van der Waals surface area contributed by atoms with Crippen molar-refractivity contribution in [2.24, 2.45) is 0 Å². The van der Waals surface area contributed by atoms with E-state index in [4.69, 9.17) is 5.11 Å². The number of hydrogen-bond acceptors (Lipinski definition) is 5. The molecule has 1 unspecified atom stereocenters. The predicted molar refractivity (Wildman–Crippen MR) is 61.0 cm³/mol. The van der Waals surface area contributed by atoms with Crippen molar-refractivity contribution in [2.45, 2.75) is 18.9 Å². The highest BCUT2D eigenvalue weighted by Crippen LogP contribution is 2.29. The second kappa shape index (κ2) is 6.02. The van der Waals surface area contributed by atoms with E-state index in [1.54, 1.807) is 6.07 Å². The largest absolute Gasteiger partial charge is 0.507 e. The molecular formula is C12H14O6. The molecule has 0 spiro atoms. The number of ether oxygens (including phenoxy) is 1. The maximum atomic E-state index is 11.0. The molecule has 0 saturated carbocycles. The fourth-order valence-electron chi connectivity index (χ4n) is 1.51. The highest BCUT2D eigenvalue weighted by atomic mass is 16.5. The van der Waals surface area contributed by atoms with Crippen LogP contribution in [0.15, 0.2) is 18.2 Å². The molecule has 0 fully saturated rings. The molecule has 0 aromatic heterocycles. The minimum Gasteiger partial charge on any atom is -0.507 e. The Morgan fingerprint density at radius 3 is 2.61 bits per heavy atom. The standard InChI is InChI=1S/C12H14O6/c1-18-9(13)6-5-7-3-2-4-8(10(7)14)11(15)12(16)17/h2-4,11,14-15H,5-6H2,1H3,(H,16,17). The van der Waals surface area contributed by atoms with Gasteiger partial charge in [-0.3, -0.25) is 4.79 Å². The Kier molecular flexibility index (Phi) is 4.67. The van der Waals surface area contributed by atoms with Crippen LogP contribution in [-0.2, 0) is 20.7 Å². The number of benzene rings is 1. The van der Waals surface area contributed by atoms with Gasteiger partial charge >= 0.3 is 11.9 Å². The van der Waals surface area contributed by atoms with Gasteiger partial charge in [-0.2, -0.15) is 0 Å². The van der Waals surface area contributed by atoms with Gasteiger partial charge in [0.2, 0.25) is 0 Å². The van der Waals surface area contributed by atoms with Gasteiger partial charge in [0.25, 0.3) is 0 Å². The van der Waals surface area contributed by atoms with Crippen molar-refractivity contribution in [3.05, 3.63) is 29.3 Å². The van der Waals surface area contributed by atoms with Gasteiger partial charge in [0.15, 0.2) is 6.10 Å². The van der Waals surface area contributed by atoms with Gasteiger partial charge in [0.05, 0.1) is 7.11 Å². The van der Waals surface area contributed by atoms with Crippen molar-refractivity contribution in [1.82, 2.24) is 0 Å². The number of carboxylic acid groups (broad SMARTS) is 1. The van der Waals surface area contributed by atoms with Crippen LogP contribution < -0.4 is 0 Å². The molecule has 0 radical (unpaired) electrons. The number of carboxylic acids is 1. The van der Waals surface area contributed by atoms with Gasteiger partial charge < -0.3 is 20.1 Å². The Morgan fingerprint density at radius 1 is 1.39 bits per heavy atom. The molecule has 0 heterocycles. The number of phenolic OH excluding ortho intramolecular Hbond substituents is 1. The van der Waals surface area contributed by atoms with Crippen LogP contribution in [0.3, 0.4) is 0 Å². The third-order valence-electron chi connectivity index (χ3n) is 2.51. The van der Waals surface area contributed by atoms with Crippen molar-refractivity contribution in [2.75, 3.05) is 7.11 Å². The molecule has 18 heavy (non-hydrogen) atoms. The SMILES string of the molecule is COC(=O)CCc1cccc(C(O)C(=O)O)c1O. The number of hydrogen-bond donors (Lipinski definition) is 3. The summed E-state index contributed by atoms with van der Waals surface area (Å²) < 4.78 is 4.46. The number of esters is 1. The van der Waals surface area contributed by atoms with Crippen molar-refractivity contribution >= 4 is 11.9 Å². The van der Waals surface area contributed by atoms with Crippen LogP contribution in [0.2, 0.25) is 0 Å². The maximum absolute atomic E-state index is 11.0. The fraction of sp³-hybridized carbons (Fsp3) is 0.333. The number of aliphatic hydroxyl groups is 1. The molecule has 0 bridgehead atoms. The average Bonchev–Trinajstić information content (AvgIpc) is 2.36. The lowest BCUT2D eigenvalue weighted by atomic mass is 10.0. The number of aliphatic hydroxyl groups excluding tert-OH is 1. The molecule has 0 aliphatic rings. The molecule has 0 aliphatic heterocycles. The molecule has 98 valence electrons. The molecule has 0 aliphatic carbocycles. The number of para-hydroxylation sites is 1. The third-order valence-corrected chi connectivity index (χ3v) is 2.51. The van der Waals surface area contributed by atoms with Gasteiger partial charge in [0, 0.05) is 12.0 Å². The van der Waals surface area contributed by atoms with E-state index in [9.17, 15) is 19.8 Å². The topological polar surface area (TPSA) is 104 Å². The smallest absolute Gasteiger partial charge is 0.337 e. The van der Waals surface area contributed by atoms with Crippen LogP contribution in [0.5, 0.6) is 5.75 Å². The maximum Gasteiger partial charge on any atom is 0.337 e. The van der Waals surface area contributed by atoms with Crippen LogP contribution in [0.4, 0.5) is 0 Å². The van der Waals surface area contributed by atoms with E-state index in [2.05, 4.69) is 4.74 Å². The zero-order valence-electron chi connectivity index (χ0n) is 9.79. The highest BCUT2D eigenvalue weighted by Gasteiger charge is 2.21. The summed E-state index contributed by atoms with van der Waals surface area (Å²) in [7, 11) is 1.26. The normalized spacial score (nSPS) is 11.9. The first kappa shape index (κ1) is 14.0. The lowest BCUT2D eigenvalue weighted by Crippen LogP contribution is -2.11. The number of aryl methyl sites for hydroxylation is 1. The van der Waals surface area contributed by atoms with Crippen molar-refractivity contribution in [3.63, 3.8) is 0 Å². The lowest BCUT2D eigenvalue weighted by molar-refractivity contribution is -0.147. The number of methoxy groups -OCH3 is 1. The number of carbonyl (C=O) groups excluding carboxylic acids is 1. The summed E-state index contributed by atoms with van der Waals surface area (Å²) in [6.07, 6.45) is -1.52. The second-order valence-corrected chi connectivity index (χ2v) is 3.67. The minimum atomic E-state index is -1.79. The second-order valence-electron chi connectivity index (χ2n) is 3.67. The average molecular weight is 254 g/mol. The predicted octanol–water partition coefficient (Wildman–Crippen LogP) is 0.616. The first-order chi connectivity index (χ1) is 8.47. The molecule has 1 aromatic carbocycles. The summed E-state index contributed by atoms with van der Waals surface area (Å²) in [5.74, 6) is -2.19.